The third kappa shape index (κ3) is 5.80. The van der Waals surface area contributed by atoms with Gasteiger partial charge in [0.25, 0.3) is 5.56 Å². The number of carbonyl (C=O) groups excluding carboxylic acids is 1. The maximum atomic E-state index is 13.6. The van der Waals surface area contributed by atoms with E-state index in [1.54, 1.807) is 6.92 Å². The molecule has 1 atom stereocenters. The van der Waals surface area contributed by atoms with Crippen LogP contribution in [0.25, 0.3) is 0 Å². The normalized spacial score (nSPS) is 15.6. The lowest BCUT2D eigenvalue weighted by Crippen LogP contribution is -2.36. The number of pyridine rings is 1. The van der Waals surface area contributed by atoms with Crippen LogP contribution in [0.5, 0.6) is 0 Å². The number of hydrogen-bond donors (Lipinski definition) is 1. The van der Waals surface area contributed by atoms with Crippen molar-refractivity contribution in [3.05, 3.63) is 68.8 Å². The van der Waals surface area contributed by atoms with Crippen molar-refractivity contribution < 1.29 is 22.3 Å². The Morgan fingerprint density at radius 1 is 1.29 bits per heavy atom. The van der Waals surface area contributed by atoms with Crippen LogP contribution >= 0.6 is 22.9 Å². The molecule has 1 aromatic carbocycles. The molecule has 0 spiro atoms. The Kier molecular flexibility index (Phi) is 7.70. The van der Waals surface area contributed by atoms with E-state index in [9.17, 15) is 22.4 Å². The zero-order chi connectivity index (χ0) is 25.2. The minimum atomic E-state index is -4.14. The van der Waals surface area contributed by atoms with Gasteiger partial charge in [0.2, 0.25) is 15.7 Å². The van der Waals surface area contributed by atoms with E-state index in [2.05, 4.69) is 10.3 Å². The Morgan fingerprint density at radius 3 is 2.66 bits per heavy atom. The predicted octanol–water partition coefficient (Wildman–Crippen LogP) is 4.24. The molecule has 4 rings (SSSR count). The highest BCUT2D eigenvalue weighted by Gasteiger charge is 2.30. The van der Waals surface area contributed by atoms with Gasteiger partial charge in [-0.15, -0.1) is 0 Å². The fraction of sp³-hybridized carbons (Fsp3) is 0.348. The lowest BCUT2D eigenvalue weighted by molar-refractivity contribution is -0.120. The molecule has 1 fully saturated rings. The Labute approximate surface area is 210 Å². The average Bonchev–Trinajstić information content (AvgIpc) is 3.22. The minimum Gasteiger partial charge on any atom is -0.381 e. The number of sulfone groups is 1. The van der Waals surface area contributed by atoms with Crippen LogP contribution in [0.3, 0.4) is 0 Å². The van der Waals surface area contributed by atoms with E-state index < -0.39 is 33.2 Å². The second-order valence-corrected chi connectivity index (χ2v) is 11.9. The van der Waals surface area contributed by atoms with E-state index in [1.807, 2.05) is 0 Å². The zero-order valence-corrected chi connectivity index (χ0v) is 21.1. The van der Waals surface area contributed by atoms with Crippen LogP contribution in [0.4, 0.5) is 9.52 Å². The van der Waals surface area contributed by atoms with E-state index in [1.165, 1.54) is 29.0 Å². The first kappa shape index (κ1) is 25.5. The van der Waals surface area contributed by atoms with Gasteiger partial charge in [0.15, 0.2) is 5.13 Å². The molecule has 186 valence electrons. The standard InChI is InChI=1S/C23H23ClFN3O5S2/c1-14-9-18(35(31,32)17-4-2-3-16(25)11-17)12-21(29)28(14)19(10-15-5-7-33-8-6-15)22(30)27-23-26-13-20(24)34-23/h2-4,9,11-13,15,19H,5-8,10H2,1H3,(H,26,27,30). The summed E-state index contributed by atoms with van der Waals surface area (Å²) in [4.78, 5) is 30.1. The average molecular weight is 540 g/mol. The number of hydrogen-bond acceptors (Lipinski definition) is 7. The third-order valence-electron chi connectivity index (χ3n) is 5.87. The first-order valence-electron chi connectivity index (χ1n) is 10.9. The van der Waals surface area contributed by atoms with Crippen LogP contribution in [0.2, 0.25) is 4.34 Å². The molecule has 12 heteroatoms. The maximum Gasteiger partial charge on any atom is 0.252 e. The van der Waals surface area contributed by atoms with Gasteiger partial charge in [0, 0.05) is 25.0 Å². The highest BCUT2D eigenvalue weighted by atomic mass is 35.5. The van der Waals surface area contributed by atoms with Crippen LogP contribution in [-0.2, 0) is 19.4 Å². The number of rotatable bonds is 7. The molecule has 1 aliphatic rings. The van der Waals surface area contributed by atoms with Crippen molar-refractivity contribution in [2.45, 2.75) is 42.0 Å². The summed E-state index contributed by atoms with van der Waals surface area (Å²) in [6.07, 6.45) is 3.27. The summed E-state index contributed by atoms with van der Waals surface area (Å²) in [5, 5.41) is 3.01. The minimum absolute atomic E-state index is 0.140. The molecule has 0 aliphatic carbocycles. The van der Waals surface area contributed by atoms with E-state index in [0.29, 0.717) is 29.1 Å². The fourth-order valence-corrected chi connectivity index (χ4v) is 6.33. The molecule has 3 aromatic rings. The van der Waals surface area contributed by atoms with Gasteiger partial charge in [0.05, 0.1) is 16.0 Å². The number of thiazole rings is 1. The van der Waals surface area contributed by atoms with Crippen LogP contribution < -0.4 is 10.9 Å². The number of carbonyl (C=O) groups is 1. The van der Waals surface area contributed by atoms with Crippen LogP contribution in [0, 0.1) is 18.7 Å². The summed E-state index contributed by atoms with van der Waals surface area (Å²) in [7, 11) is -4.14. The Bertz CT molecular complexity index is 1400. The number of aromatic nitrogens is 2. The van der Waals surface area contributed by atoms with Crippen LogP contribution in [0.15, 0.2) is 57.2 Å². The second-order valence-electron chi connectivity index (χ2n) is 8.27. The zero-order valence-electron chi connectivity index (χ0n) is 18.7. The smallest absolute Gasteiger partial charge is 0.252 e. The van der Waals surface area contributed by atoms with Gasteiger partial charge >= 0.3 is 0 Å². The van der Waals surface area contributed by atoms with Gasteiger partial charge < -0.3 is 14.6 Å². The SMILES string of the molecule is Cc1cc(S(=O)(=O)c2cccc(F)c2)cc(=O)n1C(CC1CCOCC1)C(=O)Nc1ncc(Cl)s1. The Balaban J connectivity index is 1.72. The summed E-state index contributed by atoms with van der Waals surface area (Å²) in [6, 6.07) is 5.98. The first-order chi connectivity index (χ1) is 16.6. The number of nitrogens with one attached hydrogen (secondary N) is 1. The number of amides is 1. The molecule has 1 aliphatic heterocycles. The quantitative estimate of drug-likeness (QED) is 0.481. The molecule has 0 radical (unpaired) electrons. The highest BCUT2D eigenvalue weighted by Crippen LogP contribution is 2.30. The monoisotopic (exact) mass is 539 g/mol. The maximum absolute atomic E-state index is 13.6. The first-order valence-corrected chi connectivity index (χ1v) is 13.6. The molecule has 1 N–H and O–H groups in total. The van der Waals surface area contributed by atoms with Crippen molar-refractivity contribution in [2.24, 2.45) is 5.92 Å². The molecule has 1 unspecified atom stereocenters. The third-order valence-corrected chi connectivity index (χ3v) is 8.63. The number of halogens is 2. The Morgan fingerprint density at radius 2 is 2.03 bits per heavy atom. The van der Waals surface area contributed by atoms with Crippen molar-refractivity contribution in [1.82, 2.24) is 9.55 Å². The molecule has 0 bridgehead atoms. The molecule has 3 heterocycles. The largest absolute Gasteiger partial charge is 0.381 e. The molecule has 1 amide bonds. The molecule has 1 saturated heterocycles. The van der Waals surface area contributed by atoms with Crippen LogP contribution in [0.1, 0.15) is 31.0 Å². The van der Waals surface area contributed by atoms with Crippen molar-refractivity contribution in [2.75, 3.05) is 18.5 Å². The number of aryl methyl sites for hydroxylation is 1. The van der Waals surface area contributed by atoms with Gasteiger partial charge in [0.1, 0.15) is 16.2 Å². The van der Waals surface area contributed by atoms with E-state index in [0.717, 1.165) is 42.4 Å². The number of nitrogens with zero attached hydrogens (tertiary/aromatic N) is 2. The van der Waals surface area contributed by atoms with Crippen LogP contribution in [-0.4, -0.2) is 37.1 Å². The van der Waals surface area contributed by atoms with Gasteiger partial charge in [-0.05, 0) is 56.4 Å². The Hall–Kier alpha value is -2.60. The van der Waals surface area contributed by atoms with Crippen molar-refractivity contribution >= 4 is 43.8 Å². The number of ether oxygens (including phenoxy) is 1. The molecule has 0 saturated carbocycles. The van der Waals surface area contributed by atoms with E-state index in [-0.39, 0.29) is 21.4 Å². The highest BCUT2D eigenvalue weighted by molar-refractivity contribution is 7.91. The molecular formula is C23H23ClFN3O5S2. The topological polar surface area (TPSA) is 107 Å². The van der Waals surface area contributed by atoms with Gasteiger partial charge in [-0.1, -0.05) is 29.0 Å². The molecular weight excluding hydrogens is 517 g/mol. The van der Waals surface area contributed by atoms with E-state index in [4.69, 9.17) is 16.3 Å². The van der Waals surface area contributed by atoms with Gasteiger partial charge in [-0.2, -0.15) is 0 Å². The second kappa shape index (κ2) is 10.6. The molecule has 2 aromatic heterocycles. The lowest BCUT2D eigenvalue weighted by Gasteiger charge is -2.28. The summed E-state index contributed by atoms with van der Waals surface area (Å²) < 4.78 is 46.8. The van der Waals surface area contributed by atoms with Gasteiger partial charge in [-0.25, -0.2) is 17.8 Å². The summed E-state index contributed by atoms with van der Waals surface area (Å²) >= 11 is 7.01. The van der Waals surface area contributed by atoms with Crippen molar-refractivity contribution in [3.8, 4) is 0 Å². The van der Waals surface area contributed by atoms with Gasteiger partial charge in [-0.3, -0.25) is 9.59 Å². The summed E-state index contributed by atoms with van der Waals surface area (Å²) in [6.45, 7) is 2.70. The summed E-state index contributed by atoms with van der Waals surface area (Å²) in [5.74, 6) is -1.01. The van der Waals surface area contributed by atoms with E-state index >= 15 is 0 Å². The number of anilines is 1. The lowest BCUT2D eigenvalue weighted by atomic mass is 9.91. The van der Waals surface area contributed by atoms with Crippen molar-refractivity contribution in [1.29, 1.82) is 0 Å². The fourth-order valence-electron chi connectivity index (χ4n) is 4.14. The molecule has 8 nitrogen and oxygen atoms in total. The molecule has 35 heavy (non-hydrogen) atoms. The van der Waals surface area contributed by atoms with Crippen molar-refractivity contribution in [3.63, 3.8) is 0 Å². The number of benzene rings is 1. The summed E-state index contributed by atoms with van der Waals surface area (Å²) in [5.41, 5.74) is -0.360. The predicted molar refractivity (Wildman–Crippen MR) is 130 cm³/mol.